The average molecular weight is 287 g/mol. The molecule has 6 nitrogen and oxygen atoms in total. The molecule has 0 aliphatic rings. The predicted octanol–water partition coefficient (Wildman–Crippen LogP) is 1.56. The average Bonchev–Trinajstić information content (AvgIpc) is 2.34. The first kappa shape index (κ1) is 18.7. The van der Waals surface area contributed by atoms with E-state index in [1.807, 2.05) is 46.7 Å². The Balaban J connectivity index is 5.02. The lowest BCUT2D eigenvalue weighted by Gasteiger charge is -2.36. The first-order valence-corrected chi connectivity index (χ1v) is 7.18. The minimum absolute atomic E-state index is 0.0443. The van der Waals surface area contributed by atoms with Gasteiger partial charge in [0, 0.05) is 25.2 Å². The third-order valence-electron chi connectivity index (χ3n) is 3.42. The Kier molecular flexibility index (Phi) is 8.22. The normalized spacial score (nSPS) is 13.9. The summed E-state index contributed by atoms with van der Waals surface area (Å²) in [5.41, 5.74) is 0. The van der Waals surface area contributed by atoms with Gasteiger partial charge in [-0.3, -0.25) is 4.79 Å². The molecule has 0 heterocycles. The lowest BCUT2D eigenvalue weighted by atomic mass is 10.2. The number of hydrogen-bond donors (Lipinski definition) is 1. The van der Waals surface area contributed by atoms with E-state index in [0.717, 1.165) is 13.0 Å². The van der Waals surface area contributed by atoms with Crippen molar-refractivity contribution in [1.29, 1.82) is 0 Å². The Morgan fingerprint density at radius 1 is 1.05 bits per heavy atom. The van der Waals surface area contributed by atoms with Crippen LogP contribution >= 0.6 is 0 Å². The highest BCUT2D eigenvalue weighted by atomic mass is 16.4. The molecule has 0 radical (unpaired) electrons. The summed E-state index contributed by atoms with van der Waals surface area (Å²) in [6, 6.07) is -0.236. The Labute approximate surface area is 122 Å². The van der Waals surface area contributed by atoms with E-state index in [1.165, 1.54) is 4.90 Å². The van der Waals surface area contributed by atoms with Crippen molar-refractivity contribution in [2.45, 2.75) is 46.2 Å². The molecule has 0 bridgehead atoms. The topological polar surface area (TPSA) is 64.1 Å². The number of carbonyl (C=O) groups excluding carboxylic acids is 1. The van der Waals surface area contributed by atoms with Crippen LogP contribution in [0.5, 0.6) is 0 Å². The maximum absolute atomic E-state index is 12.6. The number of urea groups is 1. The Morgan fingerprint density at radius 2 is 1.60 bits per heavy atom. The maximum atomic E-state index is 12.6. The van der Waals surface area contributed by atoms with Crippen molar-refractivity contribution >= 4 is 12.0 Å². The van der Waals surface area contributed by atoms with Gasteiger partial charge in [0.25, 0.3) is 0 Å². The van der Waals surface area contributed by atoms with Crippen molar-refractivity contribution < 1.29 is 14.7 Å². The van der Waals surface area contributed by atoms with Gasteiger partial charge in [0.2, 0.25) is 0 Å². The van der Waals surface area contributed by atoms with Gasteiger partial charge in [-0.1, -0.05) is 6.92 Å². The van der Waals surface area contributed by atoms with Crippen LogP contribution in [0.1, 0.15) is 34.1 Å². The minimum atomic E-state index is -0.977. The lowest BCUT2D eigenvalue weighted by molar-refractivity contribution is -0.138. The van der Waals surface area contributed by atoms with Crippen LogP contribution in [0.2, 0.25) is 0 Å². The number of hydrogen-bond acceptors (Lipinski definition) is 3. The van der Waals surface area contributed by atoms with Gasteiger partial charge in [-0.25, -0.2) is 4.79 Å². The van der Waals surface area contributed by atoms with Crippen LogP contribution in [-0.2, 0) is 4.79 Å². The SMILES string of the molecule is CCC(C)N(CC(=O)O)C(=O)N(CC)C(C)CN(C)C. The van der Waals surface area contributed by atoms with Crippen LogP contribution in [0.3, 0.4) is 0 Å². The number of nitrogens with zero attached hydrogens (tertiary/aromatic N) is 3. The van der Waals surface area contributed by atoms with Crippen molar-refractivity contribution in [2.24, 2.45) is 0 Å². The first-order chi connectivity index (χ1) is 9.24. The van der Waals surface area contributed by atoms with Crippen LogP contribution < -0.4 is 0 Å². The van der Waals surface area contributed by atoms with Crippen molar-refractivity contribution in [3.8, 4) is 0 Å². The molecule has 6 heteroatoms. The molecule has 0 aromatic rings. The number of carboxylic acid groups (broad SMARTS) is 1. The number of amides is 2. The summed E-state index contributed by atoms with van der Waals surface area (Å²) >= 11 is 0. The third kappa shape index (κ3) is 5.77. The van der Waals surface area contributed by atoms with Crippen LogP contribution in [0.25, 0.3) is 0 Å². The molecule has 0 aromatic carbocycles. The van der Waals surface area contributed by atoms with Gasteiger partial charge >= 0.3 is 12.0 Å². The fraction of sp³-hybridized carbons (Fsp3) is 0.857. The second kappa shape index (κ2) is 8.79. The zero-order valence-electron chi connectivity index (χ0n) is 13.6. The standard InChI is InChI=1S/C14H29N3O3/c1-7-11(3)17(10-13(18)19)14(20)16(8-2)12(4)9-15(5)6/h11-12H,7-10H2,1-6H3,(H,18,19). The van der Waals surface area contributed by atoms with Crippen molar-refractivity contribution in [3.05, 3.63) is 0 Å². The fourth-order valence-electron chi connectivity index (χ4n) is 2.21. The number of carboxylic acids is 1. The minimum Gasteiger partial charge on any atom is -0.480 e. The lowest BCUT2D eigenvalue weighted by Crippen LogP contribution is -2.53. The molecule has 0 aliphatic heterocycles. The summed E-state index contributed by atoms with van der Waals surface area (Å²) in [5, 5.41) is 9.00. The highest BCUT2D eigenvalue weighted by Gasteiger charge is 2.28. The Morgan fingerprint density at radius 3 is 1.95 bits per heavy atom. The largest absolute Gasteiger partial charge is 0.480 e. The molecule has 0 saturated carbocycles. The molecule has 0 spiro atoms. The molecule has 118 valence electrons. The Bertz CT molecular complexity index is 321. The van der Waals surface area contributed by atoms with E-state index in [0.29, 0.717) is 6.54 Å². The van der Waals surface area contributed by atoms with Crippen LogP contribution in [0, 0.1) is 0 Å². The molecule has 0 aliphatic carbocycles. The van der Waals surface area contributed by atoms with Crippen LogP contribution in [-0.4, -0.2) is 77.6 Å². The van der Waals surface area contributed by atoms with Gasteiger partial charge in [0.05, 0.1) is 0 Å². The molecule has 2 atom stereocenters. The van der Waals surface area contributed by atoms with E-state index in [-0.39, 0.29) is 24.7 Å². The van der Waals surface area contributed by atoms with Crippen molar-refractivity contribution in [3.63, 3.8) is 0 Å². The molecule has 0 rings (SSSR count). The van der Waals surface area contributed by atoms with Gasteiger partial charge in [0.15, 0.2) is 0 Å². The summed E-state index contributed by atoms with van der Waals surface area (Å²) in [7, 11) is 3.91. The summed E-state index contributed by atoms with van der Waals surface area (Å²) < 4.78 is 0. The van der Waals surface area contributed by atoms with Crippen LogP contribution in [0.15, 0.2) is 0 Å². The predicted molar refractivity (Wildman–Crippen MR) is 79.9 cm³/mol. The van der Waals surface area contributed by atoms with Crippen molar-refractivity contribution in [1.82, 2.24) is 14.7 Å². The smallest absolute Gasteiger partial charge is 0.323 e. The van der Waals surface area contributed by atoms with Gasteiger partial charge in [0.1, 0.15) is 6.54 Å². The Hall–Kier alpha value is -1.30. The highest BCUT2D eigenvalue weighted by molar-refractivity contribution is 5.80. The van der Waals surface area contributed by atoms with E-state index >= 15 is 0 Å². The molecule has 0 aromatic heterocycles. The third-order valence-corrected chi connectivity index (χ3v) is 3.42. The second-order valence-electron chi connectivity index (χ2n) is 5.46. The summed E-state index contributed by atoms with van der Waals surface area (Å²) in [6.45, 7) is 8.80. The maximum Gasteiger partial charge on any atom is 0.323 e. The van der Waals surface area contributed by atoms with Gasteiger partial charge in [-0.05, 0) is 41.3 Å². The van der Waals surface area contributed by atoms with Gasteiger partial charge < -0.3 is 19.8 Å². The summed E-state index contributed by atoms with van der Waals surface area (Å²) in [5.74, 6) is -0.977. The number of carbonyl (C=O) groups is 2. The molecule has 0 saturated heterocycles. The molecular weight excluding hydrogens is 258 g/mol. The van der Waals surface area contributed by atoms with Gasteiger partial charge in [-0.2, -0.15) is 0 Å². The molecule has 20 heavy (non-hydrogen) atoms. The fourth-order valence-corrected chi connectivity index (χ4v) is 2.21. The summed E-state index contributed by atoms with van der Waals surface area (Å²) in [4.78, 5) is 28.8. The quantitative estimate of drug-likeness (QED) is 0.736. The highest BCUT2D eigenvalue weighted by Crippen LogP contribution is 2.11. The molecule has 0 fully saturated rings. The van der Waals surface area contributed by atoms with Gasteiger partial charge in [-0.15, -0.1) is 0 Å². The molecular formula is C14H29N3O3. The zero-order valence-corrected chi connectivity index (χ0v) is 13.6. The van der Waals surface area contributed by atoms with Crippen molar-refractivity contribution in [2.75, 3.05) is 33.7 Å². The first-order valence-electron chi connectivity index (χ1n) is 7.18. The number of rotatable bonds is 8. The monoisotopic (exact) mass is 287 g/mol. The zero-order chi connectivity index (χ0) is 15.9. The van der Waals surface area contributed by atoms with E-state index in [2.05, 4.69) is 0 Å². The van der Waals surface area contributed by atoms with Crippen LogP contribution in [0.4, 0.5) is 4.79 Å². The van der Waals surface area contributed by atoms with E-state index in [9.17, 15) is 9.59 Å². The summed E-state index contributed by atoms with van der Waals surface area (Å²) in [6.07, 6.45) is 0.735. The second-order valence-corrected chi connectivity index (χ2v) is 5.46. The van der Waals surface area contributed by atoms with E-state index < -0.39 is 5.97 Å². The number of likely N-dealkylation sites (N-methyl/N-ethyl adjacent to an activating group) is 2. The molecule has 2 amide bonds. The number of aliphatic carboxylic acids is 1. The van der Waals surface area contributed by atoms with E-state index in [4.69, 9.17) is 5.11 Å². The van der Waals surface area contributed by atoms with E-state index in [1.54, 1.807) is 4.90 Å². The molecule has 2 unspecified atom stereocenters. The molecule has 1 N–H and O–H groups in total.